The summed E-state index contributed by atoms with van der Waals surface area (Å²) in [6.07, 6.45) is 3.21. The van der Waals surface area contributed by atoms with Gasteiger partial charge >= 0.3 is 5.97 Å². The first-order chi connectivity index (χ1) is 9.19. The lowest BCUT2D eigenvalue weighted by Gasteiger charge is -2.15. The monoisotopic (exact) mass is 264 g/mol. The number of carboxylic acids is 1. The van der Waals surface area contributed by atoms with Gasteiger partial charge in [-0.3, -0.25) is 4.90 Å². The van der Waals surface area contributed by atoms with E-state index in [-0.39, 0.29) is 5.56 Å². The highest BCUT2D eigenvalue weighted by Gasteiger charge is 2.12. The summed E-state index contributed by atoms with van der Waals surface area (Å²) in [5.74, 6) is -0.530. The Labute approximate surface area is 113 Å². The first-order valence-electron chi connectivity index (χ1n) is 6.78. The van der Waals surface area contributed by atoms with Gasteiger partial charge in [0.2, 0.25) is 5.88 Å². The van der Waals surface area contributed by atoms with Gasteiger partial charge in [-0.15, -0.1) is 0 Å². The molecule has 2 heterocycles. The van der Waals surface area contributed by atoms with Crippen molar-refractivity contribution in [3.05, 3.63) is 23.4 Å². The number of carbonyl (C=O) groups is 1. The highest BCUT2D eigenvalue weighted by Crippen LogP contribution is 2.14. The summed E-state index contributed by atoms with van der Waals surface area (Å²) in [6.45, 7) is 5.64. The molecule has 0 radical (unpaired) electrons. The van der Waals surface area contributed by atoms with Gasteiger partial charge in [0.05, 0.1) is 5.56 Å². The summed E-state index contributed by atoms with van der Waals surface area (Å²) in [7, 11) is 0. The summed E-state index contributed by atoms with van der Waals surface area (Å²) < 4.78 is 5.59. The average molecular weight is 264 g/mol. The van der Waals surface area contributed by atoms with E-state index in [1.54, 1.807) is 6.07 Å². The number of ether oxygens (including phenoxy) is 1. The lowest BCUT2D eigenvalue weighted by atomic mass is 10.2. The Hall–Kier alpha value is -1.62. The van der Waals surface area contributed by atoms with Crippen molar-refractivity contribution in [3.8, 4) is 5.88 Å². The van der Waals surface area contributed by atoms with E-state index in [0.717, 1.165) is 25.3 Å². The third kappa shape index (κ3) is 3.92. The molecular weight excluding hydrogens is 244 g/mol. The molecule has 0 saturated carbocycles. The van der Waals surface area contributed by atoms with Gasteiger partial charge in [-0.05, 0) is 38.4 Å². The summed E-state index contributed by atoms with van der Waals surface area (Å²) >= 11 is 0. The summed E-state index contributed by atoms with van der Waals surface area (Å²) in [5.41, 5.74) is 0.985. The van der Waals surface area contributed by atoms with E-state index in [0.29, 0.717) is 18.9 Å². The van der Waals surface area contributed by atoms with E-state index in [9.17, 15) is 4.79 Å². The zero-order valence-electron chi connectivity index (χ0n) is 11.3. The number of hydrogen-bond acceptors (Lipinski definition) is 4. The number of aryl methyl sites for hydroxylation is 1. The van der Waals surface area contributed by atoms with Gasteiger partial charge < -0.3 is 9.84 Å². The van der Waals surface area contributed by atoms with Gasteiger partial charge in [-0.1, -0.05) is 6.92 Å². The van der Waals surface area contributed by atoms with Gasteiger partial charge in [0, 0.05) is 18.3 Å². The van der Waals surface area contributed by atoms with Crippen LogP contribution >= 0.6 is 0 Å². The number of rotatable bonds is 6. The number of pyridine rings is 1. The molecule has 1 aliphatic heterocycles. The molecule has 1 N–H and O–H groups in total. The van der Waals surface area contributed by atoms with Crippen LogP contribution in [0.3, 0.4) is 0 Å². The Balaban J connectivity index is 1.94. The average Bonchev–Trinajstić information content (AvgIpc) is 2.91. The van der Waals surface area contributed by atoms with Gasteiger partial charge in [-0.25, -0.2) is 9.78 Å². The molecule has 0 bridgehead atoms. The van der Waals surface area contributed by atoms with E-state index in [1.807, 2.05) is 6.92 Å². The van der Waals surface area contributed by atoms with Crippen molar-refractivity contribution < 1.29 is 14.6 Å². The Kier molecular flexibility index (Phi) is 4.74. The molecule has 19 heavy (non-hydrogen) atoms. The minimum Gasteiger partial charge on any atom is -0.478 e. The Morgan fingerprint density at radius 1 is 1.42 bits per heavy atom. The van der Waals surface area contributed by atoms with Crippen LogP contribution in [0.25, 0.3) is 0 Å². The third-order valence-electron chi connectivity index (χ3n) is 3.32. The van der Waals surface area contributed by atoms with Crippen molar-refractivity contribution in [1.82, 2.24) is 9.88 Å². The molecule has 0 aliphatic carbocycles. The smallest absolute Gasteiger partial charge is 0.335 e. The second kappa shape index (κ2) is 6.52. The topological polar surface area (TPSA) is 62.7 Å². The van der Waals surface area contributed by atoms with Crippen LogP contribution in [0.15, 0.2) is 12.1 Å². The largest absolute Gasteiger partial charge is 0.478 e. The molecule has 1 fully saturated rings. The molecule has 0 spiro atoms. The molecule has 1 aromatic heterocycles. The molecule has 0 unspecified atom stereocenters. The minimum absolute atomic E-state index is 0.239. The normalized spacial score (nSPS) is 15.6. The van der Waals surface area contributed by atoms with Crippen LogP contribution in [0.1, 0.15) is 35.8 Å². The fraction of sp³-hybridized carbons (Fsp3) is 0.571. The van der Waals surface area contributed by atoms with Crippen molar-refractivity contribution in [2.24, 2.45) is 0 Å². The summed E-state index contributed by atoms with van der Waals surface area (Å²) in [6, 6.07) is 3.08. The van der Waals surface area contributed by atoms with E-state index in [4.69, 9.17) is 9.84 Å². The molecule has 5 heteroatoms. The summed E-state index contributed by atoms with van der Waals surface area (Å²) in [5, 5.41) is 9.04. The lowest BCUT2D eigenvalue weighted by Crippen LogP contribution is -2.25. The minimum atomic E-state index is -0.943. The van der Waals surface area contributed by atoms with Crippen molar-refractivity contribution >= 4 is 5.97 Å². The predicted molar refractivity (Wildman–Crippen MR) is 71.7 cm³/mol. The van der Waals surface area contributed by atoms with Gasteiger partial charge in [-0.2, -0.15) is 0 Å². The van der Waals surface area contributed by atoms with Crippen LogP contribution in [-0.4, -0.2) is 47.2 Å². The zero-order chi connectivity index (χ0) is 13.7. The maximum atomic E-state index is 11.0. The predicted octanol–water partition coefficient (Wildman–Crippen LogP) is 1.82. The van der Waals surface area contributed by atoms with Crippen molar-refractivity contribution in [1.29, 1.82) is 0 Å². The number of carboxylic acid groups (broad SMARTS) is 1. The maximum absolute atomic E-state index is 11.0. The van der Waals surface area contributed by atoms with Crippen molar-refractivity contribution in [2.45, 2.75) is 26.2 Å². The first kappa shape index (κ1) is 13.8. The number of aromatic nitrogens is 1. The van der Waals surface area contributed by atoms with Crippen LogP contribution in [0.2, 0.25) is 0 Å². The second-order valence-corrected chi connectivity index (χ2v) is 4.74. The molecule has 5 nitrogen and oxygen atoms in total. The van der Waals surface area contributed by atoms with E-state index in [2.05, 4.69) is 9.88 Å². The highest BCUT2D eigenvalue weighted by molar-refractivity contribution is 5.88. The Bertz CT molecular complexity index is 442. The summed E-state index contributed by atoms with van der Waals surface area (Å²) in [4.78, 5) is 17.7. The van der Waals surface area contributed by atoms with E-state index in [1.165, 1.54) is 18.9 Å². The van der Waals surface area contributed by atoms with Gasteiger partial charge in [0.25, 0.3) is 0 Å². The molecule has 0 aromatic carbocycles. The van der Waals surface area contributed by atoms with Crippen LogP contribution in [-0.2, 0) is 6.42 Å². The Morgan fingerprint density at radius 3 is 2.79 bits per heavy atom. The number of aromatic carboxylic acids is 1. The molecule has 1 aliphatic rings. The standard InChI is InChI=1S/C14H20N2O3/c1-2-12-9-11(14(17)18)10-13(15-12)19-8-7-16-5-3-4-6-16/h9-10H,2-8H2,1H3,(H,17,18). The quantitative estimate of drug-likeness (QED) is 0.849. The van der Waals surface area contributed by atoms with Crippen molar-refractivity contribution in [3.63, 3.8) is 0 Å². The second-order valence-electron chi connectivity index (χ2n) is 4.74. The zero-order valence-corrected chi connectivity index (χ0v) is 11.3. The highest BCUT2D eigenvalue weighted by atomic mass is 16.5. The molecular formula is C14H20N2O3. The molecule has 1 aromatic rings. The maximum Gasteiger partial charge on any atom is 0.335 e. The lowest BCUT2D eigenvalue weighted by molar-refractivity contribution is 0.0696. The third-order valence-corrected chi connectivity index (χ3v) is 3.32. The van der Waals surface area contributed by atoms with Crippen LogP contribution in [0, 0.1) is 0 Å². The molecule has 104 valence electrons. The Morgan fingerprint density at radius 2 is 2.16 bits per heavy atom. The van der Waals surface area contributed by atoms with Crippen LogP contribution < -0.4 is 4.74 Å². The fourth-order valence-corrected chi connectivity index (χ4v) is 2.22. The number of nitrogens with zero attached hydrogens (tertiary/aromatic N) is 2. The molecule has 1 saturated heterocycles. The fourth-order valence-electron chi connectivity index (χ4n) is 2.22. The first-order valence-corrected chi connectivity index (χ1v) is 6.78. The number of hydrogen-bond donors (Lipinski definition) is 1. The SMILES string of the molecule is CCc1cc(C(=O)O)cc(OCCN2CCCC2)n1. The van der Waals surface area contributed by atoms with Crippen molar-refractivity contribution in [2.75, 3.05) is 26.2 Å². The van der Waals surface area contributed by atoms with Gasteiger partial charge in [0.15, 0.2) is 0 Å². The van der Waals surface area contributed by atoms with E-state index < -0.39 is 5.97 Å². The molecule has 0 atom stereocenters. The molecule has 0 amide bonds. The van der Waals surface area contributed by atoms with E-state index >= 15 is 0 Å². The van der Waals surface area contributed by atoms with Crippen LogP contribution in [0.5, 0.6) is 5.88 Å². The molecule has 2 rings (SSSR count). The van der Waals surface area contributed by atoms with Crippen LogP contribution in [0.4, 0.5) is 0 Å². The van der Waals surface area contributed by atoms with Gasteiger partial charge in [0.1, 0.15) is 6.61 Å². The number of likely N-dealkylation sites (tertiary alicyclic amines) is 1.